The van der Waals surface area contributed by atoms with Crippen LogP contribution in [-0.2, 0) is 30.0 Å². The summed E-state index contributed by atoms with van der Waals surface area (Å²) in [6.45, 7) is 0.594. The molecule has 2 aliphatic rings. The Bertz CT molecular complexity index is 2060. The second-order valence-corrected chi connectivity index (χ2v) is 12.6. The number of carbonyl (C=O) groups is 2. The van der Waals surface area contributed by atoms with Crippen LogP contribution >= 0.6 is 23.2 Å². The molecule has 2 aromatic heterocycles. The third kappa shape index (κ3) is 6.12. The lowest BCUT2D eigenvalue weighted by molar-refractivity contribution is -0.119. The van der Waals surface area contributed by atoms with E-state index in [9.17, 15) is 19.2 Å². The first-order chi connectivity index (χ1) is 23.0. The van der Waals surface area contributed by atoms with E-state index in [1.807, 2.05) is 24.3 Å². The van der Waals surface area contributed by atoms with Crippen molar-refractivity contribution in [2.24, 2.45) is 14.1 Å². The van der Waals surface area contributed by atoms with Gasteiger partial charge in [0.1, 0.15) is 5.56 Å². The number of rotatable bonds is 9. The van der Waals surface area contributed by atoms with Crippen LogP contribution in [0.1, 0.15) is 40.4 Å². The van der Waals surface area contributed by atoms with Gasteiger partial charge in [-0.3, -0.25) is 19.0 Å². The van der Waals surface area contributed by atoms with E-state index in [0.29, 0.717) is 52.7 Å². The van der Waals surface area contributed by atoms with Gasteiger partial charge in [-0.15, -0.1) is 0 Å². The van der Waals surface area contributed by atoms with E-state index in [1.54, 1.807) is 32.4 Å². The molecular formula is C34H34Cl2N6O6. The Morgan fingerprint density at radius 3 is 2.44 bits per heavy atom. The van der Waals surface area contributed by atoms with Crippen LogP contribution in [0.3, 0.4) is 0 Å². The van der Waals surface area contributed by atoms with Gasteiger partial charge in [0, 0.05) is 75.1 Å². The molecule has 0 unspecified atom stereocenters. The summed E-state index contributed by atoms with van der Waals surface area (Å²) in [5, 5.41) is 9.84. The van der Waals surface area contributed by atoms with Crippen molar-refractivity contribution in [3.63, 3.8) is 0 Å². The number of benzene rings is 2. The van der Waals surface area contributed by atoms with Gasteiger partial charge in [0.25, 0.3) is 11.5 Å². The molecule has 1 aliphatic heterocycles. The molecule has 0 radical (unpaired) electrons. The van der Waals surface area contributed by atoms with Crippen molar-refractivity contribution in [3.8, 4) is 28.3 Å². The number of hydrogen-bond acceptors (Lipinski definition) is 8. The number of fused-ring (bicyclic) bond motifs is 1. The van der Waals surface area contributed by atoms with E-state index in [1.165, 1.54) is 20.3 Å². The lowest BCUT2D eigenvalue weighted by Crippen LogP contribution is -2.40. The summed E-state index contributed by atoms with van der Waals surface area (Å²) in [6, 6.07) is 12.5. The molecule has 250 valence electrons. The minimum absolute atomic E-state index is 0.0541. The van der Waals surface area contributed by atoms with E-state index < -0.39 is 17.2 Å². The van der Waals surface area contributed by atoms with Crippen molar-refractivity contribution in [1.29, 1.82) is 0 Å². The molecule has 0 saturated carbocycles. The molecular weight excluding hydrogens is 659 g/mol. The predicted molar refractivity (Wildman–Crippen MR) is 183 cm³/mol. The van der Waals surface area contributed by atoms with Gasteiger partial charge in [-0.2, -0.15) is 0 Å². The third-order valence-electron chi connectivity index (χ3n) is 8.88. The molecule has 48 heavy (non-hydrogen) atoms. The second-order valence-electron chi connectivity index (χ2n) is 11.8. The molecule has 3 N–H and O–H groups in total. The van der Waals surface area contributed by atoms with E-state index in [4.69, 9.17) is 37.7 Å². The number of methoxy groups -OCH3 is 2. The van der Waals surface area contributed by atoms with Crippen LogP contribution in [-0.4, -0.2) is 58.8 Å². The number of carbonyl (C=O) groups excluding carboxylic acids is 2. The summed E-state index contributed by atoms with van der Waals surface area (Å²) in [6.07, 6.45) is 2.95. The van der Waals surface area contributed by atoms with Crippen molar-refractivity contribution in [2.75, 3.05) is 26.1 Å². The molecule has 3 atom stereocenters. The zero-order chi connectivity index (χ0) is 34.3. The number of amides is 2. The third-order valence-corrected chi connectivity index (χ3v) is 9.70. The molecule has 4 aromatic rings. The van der Waals surface area contributed by atoms with Crippen LogP contribution in [0.5, 0.6) is 5.88 Å². The summed E-state index contributed by atoms with van der Waals surface area (Å²) < 4.78 is 13.7. The number of nitrogens with one attached hydrogen (secondary N) is 3. The smallest absolute Gasteiger partial charge is 0.330 e. The van der Waals surface area contributed by atoms with Gasteiger partial charge in [0.2, 0.25) is 11.8 Å². The number of aromatic nitrogens is 3. The lowest BCUT2D eigenvalue weighted by Gasteiger charge is -2.23. The molecule has 6 rings (SSSR count). The fourth-order valence-electron chi connectivity index (χ4n) is 6.38. The molecule has 1 saturated heterocycles. The Kier molecular flexibility index (Phi) is 9.44. The average Bonchev–Trinajstić information content (AvgIpc) is 3.67. The monoisotopic (exact) mass is 692 g/mol. The van der Waals surface area contributed by atoms with Gasteiger partial charge >= 0.3 is 5.69 Å². The highest BCUT2D eigenvalue weighted by molar-refractivity contribution is 6.39. The van der Waals surface area contributed by atoms with Gasteiger partial charge in [0.15, 0.2) is 0 Å². The number of ether oxygens (including phenoxy) is 2. The maximum atomic E-state index is 13.1. The number of anilines is 1. The molecule has 1 fully saturated rings. The maximum absolute atomic E-state index is 13.1. The van der Waals surface area contributed by atoms with E-state index in [0.717, 1.165) is 26.7 Å². The van der Waals surface area contributed by atoms with Gasteiger partial charge in [0.05, 0.1) is 40.7 Å². The normalized spacial score (nSPS) is 18.5. The summed E-state index contributed by atoms with van der Waals surface area (Å²) >= 11 is 13.9. The molecule has 2 aromatic carbocycles. The standard InChI is InChI=1S/C34H34Cl2N6O6/c1-41-16-22(33(45)42(2)34(41)46)31(44)39-23-10-6-8-20(29(23)36)19-7-5-9-21(28(19)35)24-13-17-14-25(47-3)30(27(17)32(40-24)48-4)37-15-18-11-12-26(43)38-18/h5-10,13,16,18,25,30,37H,11-12,14-15H2,1-4H3,(H,38,43)(H,39,44)/t18-,25+,30-/m0/s1. The van der Waals surface area contributed by atoms with Crippen LogP contribution in [0, 0.1) is 0 Å². The summed E-state index contributed by atoms with van der Waals surface area (Å²) in [5.74, 6) is -0.204. The largest absolute Gasteiger partial charge is 0.481 e. The van der Waals surface area contributed by atoms with Crippen LogP contribution in [0.2, 0.25) is 10.0 Å². The first kappa shape index (κ1) is 33.4. The van der Waals surface area contributed by atoms with E-state index in [2.05, 4.69) is 16.0 Å². The molecule has 14 heteroatoms. The van der Waals surface area contributed by atoms with Gasteiger partial charge in [-0.05, 0) is 24.1 Å². The Balaban J connectivity index is 1.32. The molecule has 1 aliphatic carbocycles. The Hall–Kier alpha value is -4.49. The first-order valence-electron chi connectivity index (χ1n) is 15.3. The quantitative estimate of drug-likeness (QED) is 0.240. The van der Waals surface area contributed by atoms with E-state index >= 15 is 0 Å². The molecule has 3 heterocycles. The molecule has 0 spiro atoms. The number of halogens is 2. The number of nitrogens with zero attached hydrogens (tertiary/aromatic N) is 3. The van der Waals surface area contributed by atoms with E-state index in [-0.39, 0.29) is 40.4 Å². The maximum Gasteiger partial charge on any atom is 0.330 e. The SMILES string of the molecule is COc1nc(-c2cccc(-c3cccc(NC(=O)c4cn(C)c(=O)n(C)c4=O)c3Cl)c2Cl)cc2c1[C@@H](NC[C@@H]1CCC(=O)N1)[C@H](OC)C2. The fourth-order valence-corrected chi connectivity index (χ4v) is 6.98. The summed E-state index contributed by atoms with van der Waals surface area (Å²) in [4.78, 5) is 54.4. The highest BCUT2D eigenvalue weighted by Gasteiger charge is 2.37. The van der Waals surface area contributed by atoms with Crippen LogP contribution < -0.4 is 31.9 Å². The number of pyridine rings is 1. The molecule has 12 nitrogen and oxygen atoms in total. The van der Waals surface area contributed by atoms with Crippen molar-refractivity contribution in [1.82, 2.24) is 24.8 Å². The first-order valence-corrected chi connectivity index (χ1v) is 16.1. The second kappa shape index (κ2) is 13.6. The molecule has 2 amide bonds. The Morgan fingerprint density at radius 1 is 1.04 bits per heavy atom. The van der Waals surface area contributed by atoms with Crippen molar-refractivity contribution >= 4 is 40.7 Å². The minimum atomic E-state index is -0.725. The zero-order valence-electron chi connectivity index (χ0n) is 26.7. The highest BCUT2D eigenvalue weighted by atomic mass is 35.5. The predicted octanol–water partition coefficient (Wildman–Crippen LogP) is 3.86. The van der Waals surface area contributed by atoms with Crippen LogP contribution in [0.25, 0.3) is 22.4 Å². The Labute approximate surface area is 286 Å². The lowest BCUT2D eigenvalue weighted by atomic mass is 9.99. The average molecular weight is 694 g/mol. The number of hydrogen-bond donors (Lipinski definition) is 3. The Morgan fingerprint density at radius 2 is 1.75 bits per heavy atom. The van der Waals surface area contributed by atoms with Crippen molar-refractivity contribution in [2.45, 2.75) is 37.5 Å². The van der Waals surface area contributed by atoms with Gasteiger partial charge in [-0.25, -0.2) is 9.78 Å². The van der Waals surface area contributed by atoms with Crippen molar-refractivity contribution < 1.29 is 19.1 Å². The van der Waals surface area contributed by atoms with Crippen LogP contribution in [0.4, 0.5) is 5.69 Å². The fraction of sp³-hybridized carbons (Fsp3) is 0.324. The van der Waals surface area contributed by atoms with Gasteiger partial charge in [-0.1, -0.05) is 53.5 Å². The highest BCUT2D eigenvalue weighted by Crippen LogP contribution is 2.44. The van der Waals surface area contributed by atoms with Gasteiger partial charge < -0.3 is 30.0 Å². The minimum Gasteiger partial charge on any atom is -0.481 e. The topological polar surface area (TPSA) is 146 Å². The zero-order valence-corrected chi connectivity index (χ0v) is 28.2. The van der Waals surface area contributed by atoms with Crippen LogP contribution in [0.15, 0.2) is 58.3 Å². The molecule has 0 bridgehead atoms. The van der Waals surface area contributed by atoms with Crippen molar-refractivity contribution in [3.05, 3.63) is 96.2 Å². The number of aryl methyl sites for hydroxylation is 1. The summed E-state index contributed by atoms with van der Waals surface area (Å²) in [7, 11) is 6.01. The summed E-state index contributed by atoms with van der Waals surface area (Å²) in [5.41, 5.74) is 3.08.